The van der Waals surface area contributed by atoms with Crippen molar-refractivity contribution in [1.82, 2.24) is 0 Å². The molecule has 0 aromatic heterocycles. The fraction of sp³-hybridized carbons (Fsp3) is 0.250. The molecule has 3 rings (SSSR count). The van der Waals surface area contributed by atoms with Gasteiger partial charge in [0.05, 0.1) is 0 Å². The SMILES string of the molecule is CCCc1ccc2c(c1)-c1ccccc1C2. The third-order valence-electron chi connectivity index (χ3n) is 3.40. The lowest BCUT2D eigenvalue weighted by Gasteiger charge is -2.04. The van der Waals surface area contributed by atoms with Crippen LogP contribution in [0.4, 0.5) is 0 Å². The lowest BCUT2D eigenvalue weighted by molar-refractivity contribution is 0.921. The Morgan fingerprint density at radius 2 is 1.75 bits per heavy atom. The molecule has 80 valence electrons. The van der Waals surface area contributed by atoms with Crippen molar-refractivity contribution in [2.24, 2.45) is 0 Å². The first-order valence-corrected chi connectivity index (χ1v) is 6.08. The molecule has 2 aromatic carbocycles. The summed E-state index contributed by atoms with van der Waals surface area (Å²) < 4.78 is 0. The van der Waals surface area contributed by atoms with Gasteiger partial charge in [0.25, 0.3) is 0 Å². The molecule has 0 spiro atoms. The van der Waals surface area contributed by atoms with Gasteiger partial charge in [0.15, 0.2) is 0 Å². The Morgan fingerprint density at radius 1 is 0.938 bits per heavy atom. The van der Waals surface area contributed by atoms with Crippen molar-refractivity contribution in [3.8, 4) is 11.1 Å². The standard InChI is InChI=1S/C16H16/c1-2-5-12-8-9-14-11-13-6-3-4-7-15(13)16(14)10-12/h3-4,6-10H,2,5,11H2,1H3. The molecular weight excluding hydrogens is 192 g/mol. The first-order chi connectivity index (χ1) is 7.88. The van der Waals surface area contributed by atoms with Crippen LogP contribution in [-0.2, 0) is 12.8 Å². The predicted octanol–water partition coefficient (Wildman–Crippen LogP) is 4.21. The van der Waals surface area contributed by atoms with Crippen molar-refractivity contribution in [2.45, 2.75) is 26.2 Å². The maximum atomic E-state index is 2.38. The lowest BCUT2D eigenvalue weighted by atomic mass is 10.0. The molecule has 0 aliphatic heterocycles. The maximum absolute atomic E-state index is 2.38. The topological polar surface area (TPSA) is 0 Å². The van der Waals surface area contributed by atoms with E-state index in [1.807, 2.05) is 0 Å². The minimum atomic E-state index is 1.11. The molecule has 16 heavy (non-hydrogen) atoms. The van der Waals surface area contributed by atoms with Gasteiger partial charge in [0, 0.05) is 0 Å². The maximum Gasteiger partial charge on any atom is -0.00135 e. The van der Waals surface area contributed by atoms with Crippen molar-refractivity contribution in [3.05, 3.63) is 59.2 Å². The van der Waals surface area contributed by atoms with Crippen LogP contribution in [0.2, 0.25) is 0 Å². The van der Waals surface area contributed by atoms with Crippen molar-refractivity contribution in [1.29, 1.82) is 0 Å². The van der Waals surface area contributed by atoms with E-state index in [-0.39, 0.29) is 0 Å². The molecule has 0 heteroatoms. The predicted molar refractivity (Wildman–Crippen MR) is 68.7 cm³/mol. The van der Waals surface area contributed by atoms with Gasteiger partial charge in [-0.1, -0.05) is 55.8 Å². The second kappa shape index (κ2) is 3.79. The fourth-order valence-corrected chi connectivity index (χ4v) is 2.62. The summed E-state index contributed by atoms with van der Waals surface area (Å²) in [7, 11) is 0. The van der Waals surface area contributed by atoms with Gasteiger partial charge in [0.1, 0.15) is 0 Å². The van der Waals surface area contributed by atoms with Crippen LogP contribution >= 0.6 is 0 Å². The third kappa shape index (κ3) is 1.46. The molecular formula is C16H16. The van der Waals surface area contributed by atoms with Crippen LogP contribution in [0.15, 0.2) is 42.5 Å². The second-order valence-corrected chi connectivity index (χ2v) is 4.58. The van der Waals surface area contributed by atoms with E-state index in [9.17, 15) is 0 Å². The van der Waals surface area contributed by atoms with Gasteiger partial charge in [-0.05, 0) is 40.7 Å². The van der Waals surface area contributed by atoms with E-state index in [0.29, 0.717) is 0 Å². The van der Waals surface area contributed by atoms with Gasteiger partial charge >= 0.3 is 0 Å². The number of fused-ring (bicyclic) bond motifs is 3. The molecule has 0 bridgehead atoms. The summed E-state index contributed by atoms with van der Waals surface area (Å²) in [6.07, 6.45) is 3.52. The molecule has 0 saturated heterocycles. The van der Waals surface area contributed by atoms with Crippen LogP contribution < -0.4 is 0 Å². The normalized spacial score (nSPS) is 12.3. The molecule has 0 saturated carbocycles. The number of aryl methyl sites for hydroxylation is 1. The summed E-state index contributed by atoms with van der Waals surface area (Å²) in [5.74, 6) is 0. The first-order valence-electron chi connectivity index (χ1n) is 6.08. The summed E-state index contributed by atoms with van der Waals surface area (Å²) in [5, 5.41) is 0. The number of hydrogen-bond acceptors (Lipinski definition) is 0. The molecule has 0 fully saturated rings. The minimum Gasteiger partial charge on any atom is -0.0651 e. The van der Waals surface area contributed by atoms with Gasteiger partial charge in [-0.25, -0.2) is 0 Å². The third-order valence-corrected chi connectivity index (χ3v) is 3.40. The van der Waals surface area contributed by atoms with Crippen LogP contribution in [0.25, 0.3) is 11.1 Å². The van der Waals surface area contributed by atoms with Crippen molar-refractivity contribution in [3.63, 3.8) is 0 Å². The van der Waals surface area contributed by atoms with Crippen LogP contribution in [0.5, 0.6) is 0 Å². The van der Waals surface area contributed by atoms with Gasteiger partial charge < -0.3 is 0 Å². The molecule has 0 amide bonds. The van der Waals surface area contributed by atoms with Gasteiger partial charge in [0.2, 0.25) is 0 Å². The highest BCUT2D eigenvalue weighted by atomic mass is 14.2. The Kier molecular flexibility index (Phi) is 2.28. The van der Waals surface area contributed by atoms with E-state index in [1.54, 1.807) is 0 Å². The Bertz CT molecular complexity index is 523. The number of hydrogen-bond donors (Lipinski definition) is 0. The van der Waals surface area contributed by atoms with Crippen LogP contribution in [0.3, 0.4) is 0 Å². The molecule has 0 atom stereocenters. The molecule has 1 aliphatic carbocycles. The van der Waals surface area contributed by atoms with E-state index < -0.39 is 0 Å². The summed E-state index contributed by atoms with van der Waals surface area (Å²) >= 11 is 0. The monoisotopic (exact) mass is 208 g/mol. The van der Waals surface area contributed by atoms with Crippen molar-refractivity contribution >= 4 is 0 Å². The van der Waals surface area contributed by atoms with Crippen LogP contribution in [0.1, 0.15) is 30.0 Å². The van der Waals surface area contributed by atoms with E-state index in [2.05, 4.69) is 49.4 Å². The molecule has 0 radical (unpaired) electrons. The van der Waals surface area contributed by atoms with Gasteiger partial charge in [-0.2, -0.15) is 0 Å². The highest BCUT2D eigenvalue weighted by Gasteiger charge is 2.17. The van der Waals surface area contributed by atoms with Gasteiger partial charge in [-0.15, -0.1) is 0 Å². The summed E-state index contributed by atoms with van der Waals surface area (Å²) in [6, 6.07) is 15.7. The van der Waals surface area contributed by atoms with Crippen molar-refractivity contribution in [2.75, 3.05) is 0 Å². The van der Waals surface area contributed by atoms with E-state index >= 15 is 0 Å². The number of rotatable bonds is 2. The first kappa shape index (κ1) is 9.65. The Morgan fingerprint density at radius 3 is 2.62 bits per heavy atom. The van der Waals surface area contributed by atoms with Crippen LogP contribution in [-0.4, -0.2) is 0 Å². The lowest BCUT2D eigenvalue weighted by Crippen LogP contribution is -1.86. The zero-order valence-corrected chi connectivity index (χ0v) is 9.66. The molecule has 0 nitrogen and oxygen atoms in total. The highest BCUT2D eigenvalue weighted by molar-refractivity contribution is 5.77. The zero-order valence-electron chi connectivity index (χ0n) is 9.66. The number of benzene rings is 2. The smallest absolute Gasteiger partial charge is 0.00135 e. The van der Waals surface area contributed by atoms with Gasteiger partial charge in [-0.3, -0.25) is 0 Å². The largest absolute Gasteiger partial charge is 0.0651 e. The average Bonchev–Trinajstić information content (AvgIpc) is 2.68. The second-order valence-electron chi connectivity index (χ2n) is 4.58. The molecule has 1 aliphatic rings. The zero-order chi connectivity index (χ0) is 11.0. The molecule has 0 heterocycles. The quantitative estimate of drug-likeness (QED) is 0.591. The summed E-state index contributed by atoms with van der Waals surface area (Å²) in [4.78, 5) is 0. The minimum absolute atomic E-state index is 1.11. The summed E-state index contributed by atoms with van der Waals surface area (Å²) in [5.41, 5.74) is 7.34. The fourth-order valence-electron chi connectivity index (χ4n) is 2.62. The Labute approximate surface area is 96.9 Å². The molecule has 0 unspecified atom stereocenters. The van der Waals surface area contributed by atoms with E-state index in [0.717, 1.165) is 6.42 Å². The molecule has 0 N–H and O–H groups in total. The Balaban J connectivity index is 2.11. The summed E-state index contributed by atoms with van der Waals surface area (Å²) in [6.45, 7) is 2.24. The van der Waals surface area contributed by atoms with Crippen molar-refractivity contribution < 1.29 is 0 Å². The highest BCUT2D eigenvalue weighted by Crippen LogP contribution is 2.36. The average molecular weight is 208 g/mol. The van der Waals surface area contributed by atoms with E-state index in [1.165, 1.54) is 40.7 Å². The molecule has 2 aromatic rings. The van der Waals surface area contributed by atoms with Crippen LogP contribution in [0, 0.1) is 0 Å². The van der Waals surface area contributed by atoms with E-state index in [4.69, 9.17) is 0 Å². The Hall–Kier alpha value is -1.56.